The van der Waals surface area contributed by atoms with Crippen molar-refractivity contribution in [3.05, 3.63) is 149 Å². The number of fused-ring (bicyclic) bond motifs is 1. The third kappa shape index (κ3) is 5.80. The number of nitrogens with one attached hydrogen (secondary N) is 2. The Hall–Kier alpha value is -4.96. The molecule has 5 rings (SSSR count). The lowest BCUT2D eigenvalue weighted by Crippen LogP contribution is -2.25. The molecule has 0 spiro atoms. The van der Waals surface area contributed by atoms with Gasteiger partial charge in [-0.2, -0.15) is 0 Å². The predicted molar refractivity (Wildman–Crippen MR) is 191 cm³/mol. The highest BCUT2D eigenvalue weighted by atomic mass is 15.2. The lowest BCUT2D eigenvalue weighted by Gasteiger charge is -2.30. The van der Waals surface area contributed by atoms with Crippen molar-refractivity contribution in [1.82, 2.24) is 15.2 Å². The van der Waals surface area contributed by atoms with Crippen LogP contribution in [-0.2, 0) is 6.54 Å². The molecule has 44 heavy (non-hydrogen) atoms. The first kappa shape index (κ1) is 30.5. The van der Waals surface area contributed by atoms with Crippen molar-refractivity contribution in [3.63, 3.8) is 0 Å². The second-order valence-electron chi connectivity index (χ2n) is 11.2. The van der Waals surface area contributed by atoms with Crippen LogP contribution in [0.2, 0.25) is 0 Å². The van der Waals surface area contributed by atoms with Crippen molar-refractivity contribution in [3.8, 4) is 16.8 Å². The summed E-state index contributed by atoms with van der Waals surface area (Å²) in [5.74, 6) is 0. The summed E-state index contributed by atoms with van der Waals surface area (Å²) < 4.78 is 2.35. The number of allylic oxidation sites excluding steroid dienone is 5. The van der Waals surface area contributed by atoms with Crippen molar-refractivity contribution < 1.29 is 0 Å². The van der Waals surface area contributed by atoms with Crippen LogP contribution < -0.4 is 15.5 Å². The first-order valence-corrected chi connectivity index (χ1v) is 15.5. The van der Waals surface area contributed by atoms with E-state index in [9.17, 15) is 0 Å². The molecule has 3 heterocycles. The summed E-state index contributed by atoms with van der Waals surface area (Å²) in [5, 5.41) is 6.77. The van der Waals surface area contributed by atoms with Crippen LogP contribution in [0.25, 0.3) is 35.0 Å². The molecule has 0 saturated heterocycles. The highest BCUT2D eigenvalue weighted by molar-refractivity contribution is 5.78. The minimum absolute atomic E-state index is 0.750. The molecule has 0 radical (unpaired) electrons. The second kappa shape index (κ2) is 13.6. The summed E-state index contributed by atoms with van der Waals surface area (Å²) in [6.07, 6.45) is 24.2. The van der Waals surface area contributed by atoms with E-state index in [1.165, 1.54) is 44.6 Å². The molecule has 0 fully saturated rings. The Morgan fingerprint density at radius 2 is 1.50 bits per heavy atom. The lowest BCUT2D eigenvalue weighted by atomic mass is 9.95. The van der Waals surface area contributed by atoms with E-state index in [0.29, 0.717) is 0 Å². The van der Waals surface area contributed by atoms with Gasteiger partial charge < -0.3 is 20.1 Å². The molecule has 224 valence electrons. The highest BCUT2D eigenvalue weighted by Gasteiger charge is 2.22. The topological polar surface area (TPSA) is 32.2 Å². The summed E-state index contributed by atoms with van der Waals surface area (Å²) in [7, 11) is 0. The van der Waals surface area contributed by atoms with Crippen molar-refractivity contribution >= 4 is 23.9 Å². The van der Waals surface area contributed by atoms with Crippen LogP contribution >= 0.6 is 0 Å². The van der Waals surface area contributed by atoms with Crippen LogP contribution in [0.5, 0.6) is 0 Å². The molecule has 1 aromatic heterocycles. The standard InChI is InChI=1S/C40H44N4/c1-8-12-15-31-26-41-22-20-30(7)43(38(31)13-9-2)32-16-18-35(28(5)24-32)36-19-17-33(25-29(36)6)44-39(14-10-3)34(11-4)37-27-42-23-21-40(37)44/h9-25,41-42H,4,7-8,26-27H2,1-3,5-6H3/b13-9-,14-10-,15-12-,22-20-,38-31-. The molecular weight excluding hydrogens is 536 g/mol. The zero-order valence-electron chi connectivity index (χ0n) is 26.7. The van der Waals surface area contributed by atoms with Crippen LogP contribution in [0.3, 0.4) is 0 Å². The van der Waals surface area contributed by atoms with Gasteiger partial charge in [0.05, 0.1) is 17.1 Å². The van der Waals surface area contributed by atoms with Gasteiger partial charge in [-0.1, -0.05) is 62.6 Å². The Morgan fingerprint density at radius 1 is 0.841 bits per heavy atom. The smallest absolute Gasteiger partial charge is 0.0534 e. The van der Waals surface area contributed by atoms with Gasteiger partial charge in [-0.25, -0.2) is 0 Å². The summed E-state index contributed by atoms with van der Waals surface area (Å²) >= 11 is 0. The first-order valence-electron chi connectivity index (χ1n) is 15.5. The fourth-order valence-electron chi connectivity index (χ4n) is 6.18. The number of hydrogen-bond donors (Lipinski definition) is 2. The van der Waals surface area contributed by atoms with E-state index in [4.69, 9.17) is 0 Å². The van der Waals surface area contributed by atoms with Gasteiger partial charge in [0.1, 0.15) is 0 Å². The number of rotatable bonds is 8. The van der Waals surface area contributed by atoms with Gasteiger partial charge in [0.2, 0.25) is 0 Å². The van der Waals surface area contributed by atoms with Crippen molar-refractivity contribution in [2.24, 2.45) is 0 Å². The molecule has 3 aromatic rings. The molecule has 2 aliphatic heterocycles. The van der Waals surface area contributed by atoms with Gasteiger partial charge in [0, 0.05) is 41.3 Å². The second-order valence-corrected chi connectivity index (χ2v) is 11.2. The molecular formula is C40H44N4. The van der Waals surface area contributed by atoms with Gasteiger partial charge in [0.15, 0.2) is 0 Å². The van der Waals surface area contributed by atoms with Crippen molar-refractivity contribution in [2.75, 3.05) is 11.4 Å². The normalized spacial score (nSPS) is 17.6. The van der Waals surface area contributed by atoms with Crippen molar-refractivity contribution in [1.29, 1.82) is 0 Å². The molecule has 0 amide bonds. The molecule has 0 saturated carbocycles. The van der Waals surface area contributed by atoms with Crippen molar-refractivity contribution in [2.45, 2.75) is 47.6 Å². The molecule has 2 N–H and O–H groups in total. The van der Waals surface area contributed by atoms with Gasteiger partial charge in [0.25, 0.3) is 0 Å². The summed E-state index contributed by atoms with van der Waals surface area (Å²) in [5.41, 5.74) is 15.2. The summed E-state index contributed by atoms with van der Waals surface area (Å²) in [6, 6.07) is 13.6. The largest absolute Gasteiger partial charge is 0.387 e. The van der Waals surface area contributed by atoms with E-state index < -0.39 is 0 Å². The zero-order valence-corrected chi connectivity index (χ0v) is 26.7. The van der Waals surface area contributed by atoms with Gasteiger partial charge in [-0.05, 0) is 123 Å². The van der Waals surface area contributed by atoms with E-state index in [2.05, 4.69) is 147 Å². The maximum Gasteiger partial charge on any atom is 0.0534 e. The van der Waals surface area contributed by atoms with E-state index in [1.54, 1.807) is 0 Å². The molecule has 0 bridgehead atoms. The SMILES string of the molecule is C=Cc1c2c(n(-c3ccc(-c4ccc(N5C(=C)/C=C\NCC(/C=C\CC)=C5/C=C\C)cc4C)c(C)c3)c1/C=C\C)C=CNC2. The third-order valence-electron chi connectivity index (χ3n) is 8.21. The van der Waals surface area contributed by atoms with E-state index in [-0.39, 0.29) is 0 Å². The van der Waals surface area contributed by atoms with Crippen LogP contribution in [0.1, 0.15) is 60.8 Å². The van der Waals surface area contributed by atoms with Crippen LogP contribution in [0.4, 0.5) is 5.69 Å². The number of anilines is 1. The van der Waals surface area contributed by atoms with E-state index in [0.717, 1.165) is 48.0 Å². The first-order chi connectivity index (χ1) is 21.4. The van der Waals surface area contributed by atoms with E-state index in [1.807, 2.05) is 24.6 Å². The quantitative estimate of drug-likeness (QED) is 0.278. The third-order valence-corrected chi connectivity index (χ3v) is 8.21. The predicted octanol–water partition coefficient (Wildman–Crippen LogP) is 9.74. The number of hydrogen-bond acceptors (Lipinski definition) is 3. The molecule has 2 aromatic carbocycles. The average Bonchev–Trinajstić information content (AvgIpc) is 3.33. The lowest BCUT2D eigenvalue weighted by molar-refractivity contribution is 0.849. The Balaban J connectivity index is 1.58. The Kier molecular flexibility index (Phi) is 9.40. The maximum atomic E-state index is 4.43. The van der Waals surface area contributed by atoms with Gasteiger partial charge >= 0.3 is 0 Å². The van der Waals surface area contributed by atoms with E-state index >= 15 is 0 Å². The van der Waals surface area contributed by atoms with Gasteiger partial charge in [-0.3, -0.25) is 0 Å². The Labute approximate surface area is 263 Å². The van der Waals surface area contributed by atoms with Crippen LogP contribution in [0.15, 0.2) is 115 Å². The Bertz CT molecular complexity index is 1770. The zero-order chi connectivity index (χ0) is 31.2. The minimum Gasteiger partial charge on any atom is -0.387 e. The molecule has 0 aliphatic carbocycles. The molecule has 4 heteroatoms. The number of benzene rings is 2. The maximum absolute atomic E-state index is 4.43. The number of aromatic nitrogens is 1. The average molecular weight is 581 g/mol. The van der Waals surface area contributed by atoms with Crippen LogP contribution in [0, 0.1) is 13.8 Å². The van der Waals surface area contributed by atoms with Gasteiger partial charge in [-0.15, -0.1) is 0 Å². The fourth-order valence-corrected chi connectivity index (χ4v) is 6.18. The molecule has 4 nitrogen and oxygen atoms in total. The monoisotopic (exact) mass is 580 g/mol. The number of nitrogens with zero attached hydrogens (tertiary/aromatic N) is 2. The molecule has 2 aliphatic rings. The Morgan fingerprint density at radius 3 is 2.16 bits per heavy atom. The summed E-state index contributed by atoms with van der Waals surface area (Å²) in [4.78, 5) is 2.26. The summed E-state index contributed by atoms with van der Waals surface area (Å²) in [6.45, 7) is 20.8. The molecule has 0 atom stereocenters. The fraction of sp³-hybridized carbons (Fsp3) is 0.200. The van der Waals surface area contributed by atoms with Crippen LogP contribution in [-0.4, -0.2) is 11.1 Å². The number of aryl methyl sites for hydroxylation is 2. The minimum atomic E-state index is 0.750. The molecule has 0 unspecified atom stereocenters. The highest BCUT2D eigenvalue weighted by Crippen LogP contribution is 2.37.